The molecule has 0 saturated carbocycles. The number of carbonyl (C=O) groups is 1. The van der Waals surface area contributed by atoms with Gasteiger partial charge >= 0.3 is 0 Å². The minimum absolute atomic E-state index is 0.284. The molecular formula is C25H32N2O2. The van der Waals surface area contributed by atoms with Crippen molar-refractivity contribution in [3.63, 3.8) is 0 Å². The van der Waals surface area contributed by atoms with Gasteiger partial charge in [0.25, 0.3) is 0 Å². The first-order chi connectivity index (χ1) is 14.1. The number of hydrogen-bond acceptors (Lipinski definition) is 3. The van der Waals surface area contributed by atoms with E-state index >= 15 is 0 Å². The van der Waals surface area contributed by atoms with Gasteiger partial charge in [-0.1, -0.05) is 54.6 Å². The quantitative estimate of drug-likeness (QED) is 0.756. The van der Waals surface area contributed by atoms with Gasteiger partial charge in [0.05, 0.1) is 6.10 Å². The zero-order chi connectivity index (χ0) is 20.3. The van der Waals surface area contributed by atoms with Gasteiger partial charge in [-0.3, -0.25) is 9.69 Å². The molecule has 0 unspecified atom stereocenters. The molecule has 0 spiro atoms. The van der Waals surface area contributed by atoms with Crippen molar-refractivity contribution in [2.24, 2.45) is 0 Å². The predicted octanol–water partition coefficient (Wildman–Crippen LogP) is 3.34. The number of piperidine rings is 1. The van der Waals surface area contributed by atoms with Crippen LogP contribution in [0.4, 0.5) is 0 Å². The third kappa shape index (κ3) is 4.10. The summed E-state index contributed by atoms with van der Waals surface area (Å²) in [7, 11) is 3.91. The largest absolute Gasteiger partial charge is 0.381 e. The monoisotopic (exact) mass is 392 g/mol. The lowest BCUT2D eigenvalue weighted by Gasteiger charge is -2.43. The van der Waals surface area contributed by atoms with Crippen molar-refractivity contribution in [2.75, 3.05) is 33.8 Å². The minimum atomic E-state index is -0.474. The normalized spacial score (nSPS) is 18.8. The average Bonchev–Trinajstić information content (AvgIpc) is 3.18. The fourth-order valence-electron chi connectivity index (χ4n) is 4.92. The number of amides is 1. The fraction of sp³-hybridized carbons (Fsp3) is 0.480. The number of rotatable bonds is 6. The molecule has 1 heterocycles. The fourth-order valence-corrected chi connectivity index (χ4v) is 4.92. The molecule has 1 aliphatic carbocycles. The highest BCUT2D eigenvalue weighted by molar-refractivity contribution is 5.88. The number of fused-ring (bicyclic) bond motifs is 1. The van der Waals surface area contributed by atoms with E-state index in [1.807, 2.05) is 0 Å². The number of nitrogens with zero attached hydrogens (tertiary/aromatic N) is 2. The molecule has 4 heteroatoms. The van der Waals surface area contributed by atoms with Crippen LogP contribution in [0.25, 0.3) is 0 Å². The van der Waals surface area contributed by atoms with Gasteiger partial charge in [-0.2, -0.15) is 0 Å². The smallest absolute Gasteiger partial charge is 0.243 e. The summed E-state index contributed by atoms with van der Waals surface area (Å²) in [4.78, 5) is 18.3. The average molecular weight is 393 g/mol. The van der Waals surface area contributed by atoms with Crippen molar-refractivity contribution in [1.29, 1.82) is 0 Å². The molecule has 0 radical (unpaired) electrons. The Morgan fingerprint density at radius 3 is 2.21 bits per heavy atom. The Labute approximate surface area is 174 Å². The first kappa shape index (κ1) is 20.1. The highest BCUT2D eigenvalue weighted by Crippen LogP contribution is 2.36. The Morgan fingerprint density at radius 1 is 1.03 bits per heavy atom. The van der Waals surface area contributed by atoms with Crippen molar-refractivity contribution in [1.82, 2.24) is 9.80 Å². The minimum Gasteiger partial charge on any atom is -0.381 e. The van der Waals surface area contributed by atoms with Crippen molar-refractivity contribution >= 4 is 5.91 Å². The molecule has 0 bridgehead atoms. The summed E-state index contributed by atoms with van der Waals surface area (Å²) in [6.45, 7) is 2.46. The number of likely N-dealkylation sites (tertiary alicyclic amines) is 1. The van der Waals surface area contributed by atoms with Crippen LogP contribution in [0.1, 0.15) is 29.5 Å². The molecule has 2 aliphatic rings. The van der Waals surface area contributed by atoms with Crippen LogP contribution >= 0.6 is 0 Å². The van der Waals surface area contributed by atoms with Crippen molar-refractivity contribution in [3.05, 3.63) is 71.3 Å². The summed E-state index contributed by atoms with van der Waals surface area (Å²) in [6, 6.07) is 19.1. The molecule has 1 aliphatic heterocycles. The SMILES string of the molecule is COC1CCN(C(=O)C2(N(C)CCc3ccccc3)Cc3ccccc3C2)CC1. The molecule has 29 heavy (non-hydrogen) atoms. The van der Waals surface area contributed by atoms with Crippen molar-refractivity contribution < 1.29 is 9.53 Å². The lowest BCUT2D eigenvalue weighted by molar-refractivity contribution is -0.146. The van der Waals surface area contributed by atoms with E-state index in [2.05, 4.69) is 71.4 Å². The maximum atomic E-state index is 13.9. The Bertz CT molecular complexity index is 803. The number of likely N-dealkylation sites (N-methyl/N-ethyl adjacent to an activating group) is 1. The standard InChI is InChI=1S/C25H32N2O2/c1-26(15-12-20-8-4-3-5-9-20)25(18-21-10-6-7-11-22(21)19-25)24(28)27-16-13-23(29-2)14-17-27/h3-11,23H,12-19H2,1-2H3. The maximum Gasteiger partial charge on any atom is 0.243 e. The van der Waals surface area contributed by atoms with E-state index in [1.54, 1.807) is 7.11 Å². The lowest BCUT2D eigenvalue weighted by atomic mass is 9.90. The lowest BCUT2D eigenvalue weighted by Crippen LogP contribution is -2.61. The van der Waals surface area contributed by atoms with E-state index < -0.39 is 5.54 Å². The zero-order valence-corrected chi connectivity index (χ0v) is 17.6. The maximum absolute atomic E-state index is 13.9. The summed E-state index contributed by atoms with van der Waals surface area (Å²) < 4.78 is 5.51. The second kappa shape index (κ2) is 8.68. The molecule has 0 N–H and O–H groups in total. The second-order valence-corrected chi connectivity index (χ2v) is 8.54. The molecule has 1 fully saturated rings. The van der Waals surface area contributed by atoms with Crippen LogP contribution in [0, 0.1) is 0 Å². The summed E-state index contributed by atoms with van der Waals surface area (Å²) >= 11 is 0. The van der Waals surface area contributed by atoms with Gasteiger partial charge in [0, 0.05) is 39.6 Å². The number of ether oxygens (including phenoxy) is 1. The van der Waals surface area contributed by atoms with Gasteiger partial charge in [0.1, 0.15) is 5.54 Å². The topological polar surface area (TPSA) is 32.8 Å². The molecule has 4 nitrogen and oxygen atoms in total. The van der Waals surface area contributed by atoms with E-state index in [9.17, 15) is 4.79 Å². The van der Waals surface area contributed by atoms with Crippen LogP contribution in [0.5, 0.6) is 0 Å². The number of methoxy groups -OCH3 is 1. The predicted molar refractivity (Wildman–Crippen MR) is 116 cm³/mol. The van der Waals surface area contributed by atoms with Gasteiger partial charge in [-0.15, -0.1) is 0 Å². The molecule has 0 atom stereocenters. The van der Waals surface area contributed by atoms with E-state index in [0.29, 0.717) is 5.91 Å². The van der Waals surface area contributed by atoms with Crippen LogP contribution in [0.15, 0.2) is 54.6 Å². The Hall–Kier alpha value is -2.17. The van der Waals surface area contributed by atoms with E-state index in [1.165, 1.54) is 16.7 Å². The third-order valence-electron chi connectivity index (χ3n) is 6.85. The van der Waals surface area contributed by atoms with Gasteiger partial charge in [-0.25, -0.2) is 0 Å². The van der Waals surface area contributed by atoms with E-state index in [4.69, 9.17) is 4.74 Å². The second-order valence-electron chi connectivity index (χ2n) is 8.54. The molecule has 2 aromatic rings. The van der Waals surface area contributed by atoms with Gasteiger partial charge in [0.2, 0.25) is 5.91 Å². The van der Waals surface area contributed by atoms with Crippen LogP contribution in [-0.4, -0.2) is 61.1 Å². The summed E-state index contributed by atoms with van der Waals surface area (Å²) in [6.07, 6.45) is 4.70. The molecule has 0 aromatic heterocycles. The zero-order valence-electron chi connectivity index (χ0n) is 17.6. The summed E-state index contributed by atoms with van der Waals surface area (Å²) in [5, 5.41) is 0. The van der Waals surface area contributed by atoms with Crippen LogP contribution in [0.2, 0.25) is 0 Å². The molecular weight excluding hydrogens is 360 g/mol. The summed E-state index contributed by atoms with van der Waals surface area (Å²) in [5.74, 6) is 0.291. The number of carbonyl (C=O) groups excluding carboxylic acids is 1. The first-order valence-electron chi connectivity index (χ1n) is 10.8. The molecule has 154 valence electrons. The number of hydrogen-bond donors (Lipinski definition) is 0. The highest BCUT2D eigenvalue weighted by Gasteiger charge is 2.49. The van der Waals surface area contributed by atoms with Crippen LogP contribution in [0.3, 0.4) is 0 Å². The Balaban J connectivity index is 1.54. The van der Waals surface area contributed by atoms with Crippen LogP contribution in [-0.2, 0) is 28.8 Å². The Morgan fingerprint density at radius 2 is 1.62 bits per heavy atom. The van der Waals surface area contributed by atoms with Crippen LogP contribution < -0.4 is 0 Å². The van der Waals surface area contributed by atoms with Crippen molar-refractivity contribution in [3.8, 4) is 0 Å². The van der Waals surface area contributed by atoms with Gasteiger partial charge in [0.15, 0.2) is 0 Å². The van der Waals surface area contributed by atoms with Gasteiger partial charge < -0.3 is 9.64 Å². The number of benzene rings is 2. The van der Waals surface area contributed by atoms with E-state index in [-0.39, 0.29) is 6.10 Å². The molecule has 4 rings (SSSR count). The summed E-state index contributed by atoms with van der Waals surface area (Å²) in [5.41, 5.74) is 3.48. The van der Waals surface area contributed by atoms with Crippen molar-refractivity contribution in [2.45, 2.75) is 43.7 Å². The van der Waals surface area contributed by atoms with Gasteiger partial charge in [-0.05, 0) is 43.0 Å². The third-order valence-corrected chi connectivity index (χ3v) is 6.85. The molecule has 1 saturated heterocycles. The highest BCUT2D eigenvalue weighted by atomic mass is 16.5. The Kier molecular flexibility index (Phi) is 6.02. The molecule has 1 amide bonds. The van der Waals surface area contributed by atoms with E-state index in [0.717, 1.165) is 51.7 Å². The first-order valence-corrected chi connectivity index (χ1v) is 10.8. The molecule has 2 aromatic carbocycles.